The summed E-state index contributed by atoms with van der Waals surface area (Å²) in [7, 11) is 0. The number of nitrogens with zero attached hydrogens (tertiary/aromatic N) is 1. The molecule has 0 spiro atoms. The number of carboxylic acid groups (broad SMARTS) is 1. The van der Waals surface area contributed by atoms with Crippen LogP contribution in [0.1, 0.15) is 0 Å². The van der Waals surface area contributed by atoms with Crippen molar-refractivity contribution >= 4 is 27.8 Å². The van der Waals surface area contributed by atoms with Crippen molar-refractivity contribution in [1.29, 1.82) is 0 Å². The molecule has 1 amide bonds. The highest BCUT2D eigenvalue weighted by Gasteiger charge is 2.34. The van der Waals surface area contributed by atoms with E-state index in [1.165, 1.54) is 12.1 Å². The molecule has 116 valence electrons. The van der Waals surface area contributed by atoms with Gasteiger partial charge in [0.15, 0.2) is 6.61 Å². The van der Waals surface area contributed by atoms with Crippen LogP contribution in [0.25, 0.3) is 0 Å². The van der Waals surface area contributed by atoms with Crippen molar-refractivity contribution < 1.29 is 32.6 Å². The number of rotatable bonds is 6. The summed E-state index contributed by atoms with van der Waals surface area (Å²) in [6.07, 6.45) is -4.68. The monoisotopic (exact) mass is 369 g/mol. The van der Waals surface area contributed by atoms with Gasteiger partial charge in [0.2, 0.25) is 0 Å². The minimum atomic E-state index is -4.68. The van der Waals surface area contributed by atoms with Gasteiger partial charge in [0.1, 0.15) is 18.8 Å². The quantitative estimate of drug-likeness (QED) is 0.835. The van der Waals surface area contributed by atoms with Crippen molar-refractivity contribution in [3.63, 3.8) is 0 Å². The van der Waals surface area contributed by atoms with E-state index < -0.39 is 37.7 Å². The third-order valence-electron chi connectivity index (χ3n) is 2.22. The van der Waals surface area contributed by atoms with E-state index in [-0.39, 0.29) is 10.6 Å². The van der Waals surface area contributed by atoms with E-state index in [1.54, 1.807) is 12.1 Å². The maximum atomic E-state index is 12.3. The number of hydrogen-bond donors (Lipinski definition) is 1. The summed E-state index contributed by atoms with van der Waals surface area (Å²) in [6, 6.07) is 6.29. The van der Waals surface area contributed by atoms with Gasteiger partial charge in [-0.15, -0.1) is 0 Å². The fourth-order valence-electron chi connectivity index (χ4n) is 1.38. The van der Waals surface area contributed by atoms with Crippen LogP contribution in [0.4, 0.5) is 13.2 Å². The summed E-state index contributed by atoms with van der Waals surface area (Å²) in [5.41, 5.74) is 0. The number of carbonyl (C=O) groups is 2. The Bertz CT molecular complexity index is 504. The smallest absolute Gasteiger partial charge is 0.406 e. The van der Waals surface area contributed by atoms with Gasteiger partial charge in [-0.25, -0.2) is 0 Å². The average Bonchev–Trinajstić information content (AvgIpc) is 2.34. The second kappa shape index (κ2) is 7.30. The lowest BCUT2D eigenvalue weighted by molar-refractivity contribution is -0.166. The van der Waals surface area contributed by atoms with Gasteiger partial charge >= 0.3 is 12.1 Å². The van der Waals surface area contributed by atoms with E-state index in [2.05, 4.69) is 15.9 Å². The topological polar surface area (TPSA) is 66.8 Å². The summed E-state index contributed by atoms with van der Waals surface area (Å²) in [5.74, 6) is -2.30. The molecule has 1 aromatic rings. The second-order valence-corrected chi connectivity index (χ2v) is 4.92. The molecule has 5 nitrogen and oxygen atoms in total. The van der Waals surface area contributed by atoms with E-state index in [1.807, 2.05) is 0 Å². The van der Waals surface area contributed by atoms with E-state index in [0.29, 0.717) is 0 Å². The van der Waals surface area contributed by atoms with Gasteiger partial charge in [0.25, 0.3) is 5.91 Å². The maximum Gasteiger partial charge on any atom is 0.406 e. The Balaban J connectivity index is 2.63. The number of alkyl halides is 3. The van der Waals surface area contributed by atoms with Crippen molar-refractivity contribution in [3.05, 3.63) is 28.7 Å². The molecule has 0 fully saturated rings. The largest absolute Gasteiger partial charge is 0.484 e. The minimum Gasteiger partial charge on any atom is -0.484 e. The molecular formula is C12H11BrF3NO4. The van der Waals surface area contributed by atoms with Gasteiger partial charge in [-0.2, -0.15) is 13.2 Å². The van der Waals surface area contributed by atoms with Crippen molar-refractivity contribution in [1.82, 2.24) is 4.90 Å². The lowest BCUT2D eigenvalue weighted by atomic mass is 10.3. The fourth-order valence-corrected chi connectivity index (χ4v) is 1.64. The highest BCUT2D eigenvalue weighted by Crippen LogP contribution is 2.18. The van der Waals surface area contributed by atoms with Crippen LogP contribution in [0.5, 0.6) is 5.75 Å². The van der Waals surface area contributed by atoms with Gasteiger partial charge in [-0.1, -0.05) is 15.9 Å². The molecule has 0 aliphatic heterocycles. The summed E-state index contributed by atoms with van der Waals surface area (Å²) in [6.45, 7) is -3.35. The second-order valence-electron chi connectivity index (χ2n) is 4.00. The molecule has 0 aromatic heterocycles. The van der Waals surface area contributed by atoms with Crippen LogP contribution in [-0.2, 0) is 9.59 Å². The predicted molar refractivity (Wildman–Crippen MR) is 69.9 cm³/mol. The molecule has 0 radical (unpaired) electrons. The molecular weight excluding hydrogens is 359 g/mol. The normalized spacial score (nSPS) is 11.0. The molecule has 0 aliphatic rings. The first-order valence-electron chi connectivity index (χ1n) is 5.62. The predicted octanol–water partition coefficient (Wildman–Crippen LogP) is 2.30. The molecule has 0 aliphatic carbocycles. The summed E-state index contributed by atoms with van der Waals surface area (Å²) in [5, 5.41) is 8.54. The molecule has 0 atom stereocenters. The number of carboxylic acids is 1. The first kappa shape index (κ1) is 17.3. The Kier molecular flexibility index (Phi) is 6.01. The zero-order valence-electron chi connectivity index (χ0n) is 10.6. The van der Waals surface area contributed by atoms with E-state index >= 15 is 0 Å². The third-order valence-corrected chi connectivity index (χ3v) is 2.75. The first-order valence-corrected chi connectivity index (χ1v) is 6.41. The molecule has 0 unspecified atom stereocenters. The van der Waals surface area contributed by atoms with Crippen molar-refractivity contribution in [2.75, 3.05) is 19.7 Å². The molecule has 0 saturated heterocycles. The highest BCUT2D eigenvalue weighted by atomic mass is 79.9. The first-order chi connectivity index (χ1) is 9.67. The van der Waals surface area contributed by atoms with E-state index in [4.69, 9.17) is 9.84 Å². The molecule has 0 bridgehead atoms. The van der Waals surface area contributed by atoms with E-state index in [9.17, 15) is 22.8 Å². The Hall–Kier alpha value is -1.77. The van der Waals surface area contributed by atoms with Gasteiger partial charge in [-0.3, -0.25) is 9.59 Å². The van der Waals surface area contributed by atoms with Gasteiger partial charge in [0.05, 0.1) is 0 Å². The Labute approximate surface area is 126 Å². The SMILES string of the molecule is O=C(O)CN(CC(F)(F)F)C(=O)COc1ccc(Br)cc1. The lowest BCUT2D eigenvalue weighted by Crippen LogP contribution is -2.44. The molecule has 1 N–H and O–H groups in total. The minimum absolute atomic E-state index is 0.182. The van der Waals surface area contributed by atoms with Crippen LogP contribution < -0.4 is 4.74 Å². The number of carbonyl (C=O) groups excluding carboxylic acids is 1. The number of ether oxygens (including phenoxy) is 1. The van der Waals surface area contributed by atoms with Gasteiger partial charge in [0, 0.05) is 4.47 Å². The summed E-state index contributed by atoms with van der Waals surface area (Å²) >= 11 is 3.19. The molecule has 0 saturated carbocycles. The third kappa shape index (κ3) is 6.98. The van der Waals surface area contributed by atoms with Gasteiger partial charge in [-0.05, 0) is 24.3 Å². The summed E-state index contributed by atoms with van der Waals surface area (Å²) < 4.78 is 42.7. The highest BCUT2D eigenvalue weighted by molar-refractivity contribution is 9.10. The van der Waals surface area contributed by atoms with Crippen LogP contribution >= 0.6 is 15.9 Å². The zero-order chi connectivity index (χ0) is 16.0. The van der Waals surface area contributed by atoms with Crippen LogP contribution in [0.15, 0.2) is 28.7 Å². The number of benzene rings is 1. The Morgan fingerprint density at radius 2 is 1.81 bits per heavy atom. The van der Waals surface area contributed by atoms with Crippen LogP contribution in [-0.4, -0.2) is 47.8 Å². The molecule has 21 heavy (non-hydrogen) atoms. The number of amides is 1. The molecule has 1 aromatic carbocycles. The van der Waals surface area contributed by atoms with Crippen LogP contribution in [0.2, 0.25) is 0 Å². The van der Waals surface area contributed by atoms with Crippen LogP contribution in [0.3, 0.4) is 0 Å². The Morgan fingerprint density at radius 3 is 2.29 bits per heavy atom. The molecule has 9 heteroatoms. The fraction of sp³-hybridized carbons (Fsp3) is 0.333. The van der Waals surface area contributed by atoms with Crippen molar-refractivity contribution in [3.8, 4) is 5.75 Å². The number of halogens is 4. The lowest BCUT2D eigenvalue weighted by Gasteiger charge is -2.22. The van der Waals surface area contributed by atoms with Crippen molar-refractivity contribution in [2.24, 2.45) is 0 Å². The average molecular weight is 370 g/mol. The maximum absolute atomic E-state index is 12.3. The van der Waals surface area contributed by atoms with Gasteiger partial charge < -0.3 is 14.7 Å². The Morgan fingerprint density at radius 1 is 1.24 bits per heavy atom. The number of aliphatic carboxylic acids is 1. The molecule has 0 heterocycles. The van der Waals surface area contributed by atoms with Crippen LogP contribution in [0, 0.1) is 0 Å². The molecule has 1 rings (SSSR count). The zero-order valence-corrected chi connectivity index (χ0v) is 12.1. The standard InChI is InChI=1S/C12H11BrF3NO4/c13-8-1-3-9(4-2-8)21-6-10(18)17(5-11(19)20)7-12(14,15)16/h1-4H,5-7H2,(H,19,20). The van der Waals surface area contributed by atoms with Crippen molar-refractivity contribution in [2.45, 2.75) is 6.18 Å². The number of hydrogen-bond acceptors (Lipinski definition) is 3. The summed E-state index contributed by atoms with van der Waals surface area (Å²) in [4.78, 5) is 22.3. The van der Waals surface area contributed by atoms with E-state index in [0.717, 1.165) is 4.47 Å².